The van der Waals surface area contributed by atoms with Gasteiger partial charge >= 0.3 is 0 Å². The van der Waals surface area contributed by atoms with Crippen molar-refractivity contribution in [2.24, 2.45) is 0 Å². The molecule has 4 N–H and O–H groups in total. The lowest BCUT2D eigenvalue weighted by Gasteiger charge is -2.12. The zero-order chi connectivity index (χ0) is 10.7. The minimum absolute atomic E-state index is 0.00222. The SMILES string of the molecule is CNC(C)Cc1cc(O)c(O)cc1O. The zero-order valence-corrected chi connectivity index (χ0v) is 8.28. The summed E-state index contributed by atoms with van der Waals surface area (Å²) in [5.41, 5.74) is 0.613. The number of hydrogen-bond acceptors (Lipinski definition) is 4. The topological polar surface area (TPSA) is 72.7 Å². The molecule has 4 nitrogen and oxygen atoms in total. The van der Waals surface area contributed by atoms with Gasteiger partial charge in [0.2, 0.25) is 0 Å². The fourth-order valence-corrected chi connectivity index (χ4v) is 1.20. The first-order chi connectivity index (χ1) is 6.54. The largest absolute Gasteiger partial charge is 0.508 e. The van der Waals surface area contributed by atoms with Crippen molar-refractivity contribution < 1.29 is 15.3 Å². The summed E-state index contributed by atoms with van der Waals surface area (Å²) in [5.74, 6) is -0.508. The number of benzene rings is 1. The Morgan fingerprint density at radius 1 is 1.14 bits per heavy atom. The summed E-state index contributed by atoms with van der Waals surface area (Å²) in [7, 11) is 1.82. The molecule has 0 saturated carbocycles. The lowest BCUT2D eigenvalue weighted by Crippen LogP contribution is -2.23. The molecule has 0 aliphatic carbocycles. The van der Waals surface area contributed by atoms with E-state index < -0.39 is 0 Å². The third-order valence-corrected chi connectivity index (χ3v) is 2.19. The van der Waals surface area contributed by atoms with Gasteiger partial charge in [0.25, 0.3) is 0 Å². The van der Waals surface area contributed by atoms with Crippen LogP contribution in [0.4, 0.5) is 0 Å². The molecular weight excluding hydrogens is 182 g/mol. The average molecular weight is 197 g/mol. The third kappa shape index (κ3) is 2.29. The zero-order valence-electron chi connectivity index (χ0n) is 8.28. The van der Waals surface area contributed by atoms with E-state index in [0.717, 1.165) is 6.07 Å². The Bertz CT molecular complexity index is 325. The number of nitrogens with one attached hydrogen (secondary N) is 1. The summed E-state index contributed by atoms with van der Waals surface area (Å²) in [6, 6.07) is 2.72. The van der Waals surface area contributed by atoms with Crippen molar-refractivity contribution in [1.82, 2.24) is 5.32 Å². The molecule has 78 valence electrons. The first-order valence-corrected chi connectivity index (χ1v) is 4.45. The molecular formula is C10H15NO3. The van der Waals surface area contributed by atoms with Crippen LogP contribution in [-0.2, 0) is 6.42 Å². The van der Waals surface area contributed by atoms with Crippen molar-refractivity contribution in [1.29, 1.82) is 0 Å². The van der Waals surface area contributed by atoms with Gasteiger partial charge in [0.05, 0.1) is 0 Å². The average Bonchev–Trinajstić information content (AvgIpc) is 2.14. The molecule has 0 radical (unpaired) electrons. The molecule has 0 fully saturated rings. The molecule has 1 rings (SSSR count). The highest BCUT2D eigenvalue weighted by Gasteiger charge is 2.09. The molecule has 0 heterocycles. The maximum atomic E-state index is 9.46. The van der Waals surface area contributed by atoms with Crippen molar-refractivity contribution in [2.75, 3.05) is 7.05 Å². The summed E-state index contributed by atoms with van der Waals surface area (Å²) in [4.78, 5) is 0. The van der Waals surface area contributed by atoms with Gasteiger partial charge in [-0.15, -0.1) is 0 Å². The molecule has 0 bridgehead atoms. The van der Waals surface area contributed by atoms with Crippen LogP contribution in [0, 0.1) is 0 Å². The first kappa shape index (κ1) is 10.7. The molecule has 1 atom stereocenters. The highest BCUT2D eigenvalue weighted by atomic mass is 16.3. The highest BCUT2D eigenvalue weighted by Crippen LogP contribution is 2.32. The quantitative estimate of drug-likeness (QED) is 0.430. The van der Waals surface area contributed by atoms with Crippen molar-refractivity contribution in [2.45, 2.75) is 19.4 Å². The second kappa shape index (κ2) is 4.19. The Morgan fingerprint density at radius 2 is 1.71 bits per heavy atom. The highest BCUT2D eigenvalue weighted by molar-refractivity contribution is 5.48. The number of hydrogen-bond donors (Lipinski definition) is 4. The predicted molar refractivity (Wildman–Crippen MR) is 53.7 cm³/mol. The molecule has 0 aromatic heterocycles. The van der Waals surface area contributed by atoms with E-state index in [-0.39, 0.29) is 23.3 Å². The molecule has 1 aromatic rings. The number of phenols is 3. The summed E-state index contributed by atoms with van der Waals surface area (Å²) >= 11 is 0. The molecule has 1 aromatic carbocycles. The standard InChI is InChI=1S/C10H15NO3/c1-6(11-2)3-7-4-9(13)10(14)5-8(7)12/h4-6,11-14H,3H2,1-2H3. The Hall–Kier alpha value is -1.42. The van der Waals surface area contributed by atoms with Gasteiger partial charge in [-0.2, -0.15) is 0 Å². The number of phenolic OH excluding ortho intramolecular Hbond substituents is 3. The smallest absolute Gasteiger partial charge is 0.161 e. The van der Waals surface area contributed by atoms with Gasteiger partial charge < -0.3 is 20.6 Å². The normalized spacial score (nSPS) is 12.7. The molecule has 0 amide bonds. The Balaban J connectivity index is 2.92. The minimum atomic E-state index is -0.302. The van der Waals surface area contributed by atoms with Crippen LogP contribution in [0.15, 0.2) is 12.1 Å². The lowest BCUT2D eigenvalue weighted by molar-refractivity contribution is 0.393. The van der Waals surface area contributed by atoms with Crippen molar-refractivity contribution in [3.63, 3.8) is 0 Å². The molecule has 0 saturated heterocycles. The lowest BCUT2D eigenvalue weighted by atomic mass is 10.1. The molecule has 1 unspecified atom stereocenters. The number of likely N-dealkylation sites (N-methyl/N-ethyl adjacent to an activating group) is 1. The van der Waals surface area contributed by atoms with Gasteiger partial charge in [0.1, 0.15) is 5.75 Å². The Morgan fingerprint density at radius 3 is 2.29 bits per heavy atom. The van der Waals surface area contributed by atoms with Crippen LogP contribution in [0.5, 0.6) is 17.2 Å². The maximum Gasteiger partial charge on any atom is 0.161 e. The van der Waals surface area contributed by atoms with E-state index in [1.165, 1.54) is 6.07 Å². The molecule has 4 heteroatoms. The minimum Gasteiger partial charge on any atom is -0.508 e. The van der Waals surface area contributed by atoms with Crippen molar-refractivity contribution in [3.05, 3.63) is 17.7 Å². The van der Waals surface area contributed by atoms with Gasteiger partial charge in [-0.3, -0.25) is 0 Å². The van der Waals surface area contributed by atoms with Crippen LogP contribution < -0.4 is 5.32 Å². The van der Waals surface area contributed by atoms with E-state index in [1.807, 2.05) is 14.0 Å². The fraction of sp³-hybridized carbons (Fsp3) is 0.400. The van der Waals surface area contributed by atoms with Crippen LogP contribution in [-0.4, -0.2) is 28.4 Å². The van der Waals surface area contributed by atoms with Crippen LogP contribution >= 0.6 is 0 Å². The van der Waals surface area contributed by atoms with Crippen molar-refractivity contribution in [3.8, 4) is 17.2 Å². The van der Waals surface area contributed by atoms with E-state index in [0.29, 0.717) is 12.0 Å². The van der Waals surface area contributed by atoms with Crippen LogP contribution in [0.2, 0.25) is 0 Å². The molecule has 14 heavy (non-hydrogen) atoms. The van der Waals surface area contributed by atoms with E-state index in [4.69, 9.17) is 5.11 Å². The Labute approximate surface area is 82.8 Å². The van der Waals surface area contributed by atoms with Crippen LogP contribution in [0.3, 0.4) is 0 Å². The van der Waals surface area contributed by atoms with Gasteiger partial charge in [-0.1, -0.05) is 0 Å². The van der Waals surface area contributed by atoms with Crippen molar-refractivity contribution >= 4 is 0 Å². The van der Waals surface area contributed by atoms with Gasteiger partial charge in [-0.25, -0.2) is 0 Å². The summed E-state index contributed by atoms with van der Waals surface area (Å²) in [6.07, 6.45) is 0.593. The molecule has 0 aliphatic rings. The van der Waals surface area contributed by atoms with Gasteiger partial charge in [0.15, 0.2) is 11.5 Å². The van der Waals surface area contributed by atoms with E-state index in [2.05, 4.69) is 5.32 Å². The second-order valence-electron chi connectivity index (χ2n) is 3.36. The maximum absolute atomic E-state index is 9.46. The molecule has 0 spiro atoms. The monoisotopic (exact) mass is 197 g/mol. The second-order valence-corrected chi connectivity index (χ2v) is 3.36. The summed E-state index contributed by atoms with van der Waals surface area (Å²) in [6.45, 7) is 1.96. The van der Waals surface area contributed by atoms with E-state index >= 15 is 0 Å². The number of aromatic hydroxyl groups is 3. The van der Waals surface area contributed by atoms with Gasteiger partial charge in [-0.05, 0) is 32.0 Å². The van der Waals surface area contributed by atoms with Crippen LogP contribution in [0.25, 0.3) is 0 Å². The summed E-state index contributed by atoms with van der Waals surface area (Å²) in [5, 5.41) is 30.8. The van der Waals surface area contributed by atoms with E-state index in [9.17, 15) is 10.2 Å². The Kier molecular flexibility index (Phi) is 3.19. The van der Waals surface area contributed by atoms with E-state index in [1.54, 1.807) is 0 Å². The predicted octanol–water partition coefficient (Wildman–Crippen LogP) is 0.954. The fourth-order valence-electron chi connectivity index (χ4n) is 1.20. The summed E-state index contributed by atoms with van der Waals surface area (Å²) < 4.78 is 0. The first-order valence-electron chi connectivity index (χ1n) is 4.45. The van der Waals surface area contributed by atoms with Crippen LogP contribution in [0.1, 0.15) is 12.5 Å². The van der Waals surface area contributed by atoms with Gasteiger partial charge in [0, 0.05) is 12.1 Å². The third-order valence-electron chi connectivity index (χ3n) is 2.19. The number of rotatable bonds is 3. The molecule has 0 aliphatic heterocycles.